The first-order chi connectivity index (χ1) is 9.65. The molecule has 1 aromatic heterocycles. The minimum Gasteiger partial charge on any atom is -0.469 e. The number of hydrogen-bond donors (Lipinski definition) is 0. The maximum Gasteiger partial charge on any atom is 0.358 e. The van der Waals surface area contributed by atoms with Gasteiger partial charge in [-0.15, -0.1) is 0 Å². The van der Waals surface area contributed by atoms with Crippen LogP contribution in [0.5, 0.6) is 0 Å². The molecular formula is C13H17N3O4. The quantitative estimate of drug-likeness (QED) is 0.751. The van der Waals surface area contributed by atoms with Crippen LogP contribution < -0.4 is 4.90 Å². The summed E-state index contributed by atoms with van der Waals surface area (Å²) in [5.74, 6) is -0.341. The number of piperidine rings is 1. The van der Waals surface area contributed by atoms with E-state index in [0.717, 1.165) is 19.4 Å². The Morgan fingerprint density at radius 2 is 2.10 bits per heavy atom. The number of esters is 2. The summed E-state index contributed by atoms with van der Waals surface area (Å²) < 4.78 is 9.40. The van der Waals surface area contributed by atoms with Gasteiger partial charge >= 0.3 is 11.9 Å². The summed E-state index contributed by atoms with van der Waals surface area (Å²) in [5, 5.41) is 0. The van der Waals surface area contributed by atoms with Crippen LogP contribution in [0.2, 0.25) is 0 Å². The normalized spacial score (nSPS) is 18.5. The van der Waals surface area contributed by atoms with Crippen molar-refractivity contribution < 1.29 is 19.1 Å². The van der Waals surface area contributed by atoms with E-state index in [1.165, 1.54) is 20.4 Å². The molecule has 108 valence electrons. The highest BCUT2D eigenvalue weighted by Gasteiger charge is 2.27. The molecule has 0 aromatic carbocycles. The van der Waals surface area contributed by atoms with Crippen molar-refractivity contribution >= 4 is 17.8 Å². The van der Waals surface area contributed by atoms with Crippen molar-refractivity contribution in [2.45, 2.75) is 12.8 Å². The molecule has 0 N–H and O–H groups in total. The molecule has 0 radical (unpaired) electrons. The van der Waals surface area contributed by atoms with Gasteiger partial charge in [-0.2, -0.15) is 0 Å². The number of carbonyl (C=O) groups is 2. The average molecular weight is 279 g/mol. The molecule has 1 fully saturated rings. The Balaban J connectivity index is 2.14. The van der Waals surface area contributed by atoms with E-state index in [-0.39, 0.29) is 17.6 Å². The van der Waals surface area contributed by atoms with Crippen LogP contribution in [0.3, 0.4) is 0 Å². The van der Waals surface area contributed by atoms with E-state index in [0.29, 0.717) is 12.4 Å². The fourth-order valence-electron chi connectivity index (χ4n) is 2.26. The second-order valence-corrected chi connectivity index (χ2v) is 4.56. The topological polar surface area (TPSA) is 81.6 Å². The Kier molecular flexibility index (Phi) is 4.49. The lowest BCUT2D eigenvalue weighted by atomic mass is 9.98. The predicted octanol–water partition coefficient (Wildman–Crippen LogP) is 0.653. The first-order valence-electron chi connectivity index (χ1n) is 6.39. The molecule has 1 saturated heterocycles. The van der Waals surface area contributed by atoms with Crippen molar-refractivity contribution in [2.24, 2.45) is 5.92 Å². The Morgan fingerprint density at radius 1 is 1.30 bits per heavy atom. The van der Waals surface area contributed by atoms with Crippen molar-refractivity contribution in [1.29, 1.82) is 0 Å². The van der Waals surface area contributed by atoms with Crippen LogP contribution >= 0.6 is 0 Å². The summed E-state index contributed by atoms with van der Waals surface area (Å²) in [6, 6.07) is 0. The molecule has 1 aliphatic heterocycles. The highest BCUT2D eigenvalue weighted by atomic mass is 16.5. The van der Waals surface area contributed by atoms with Gasteiger partial charge in [-0.1, -0.05) is 0 Å². The molecule has 2 rings (SSSR count). The summed E-state index contributed by atoms with van der Waals surface area (Å²) >= 11 is 0. The third-order valence-electron chi connectivity index (χ3n) is 3.30. The molecule has 7 nitrogen and oxygen atoms in total. The largest absolute Gasteiger partial charge is 0.469 e. The molecule has 0 bridgehead atoms. The van der Waals surface area contributed by atoms with Gasteiger partial charge in [-0.3, -0.25) is 9.78 Å². The second kappa shape index (κ2) is 6.31. The van der Waals surface area contributed by atoms with Gasteiger partial charge in [-0.05, 0) is 12.8 Å². The van der Waals surface area contributed by atoms with Gasteiger partial charge in [0.25, 0.3) is 0 Å². The molecule has 0 amide bonds. The highest BCUT2D eigenvalue weighted by molar-refractivity contribution is 5.87. The fourth-order valence-corrected chi connectivity index (χ4v) is 2.26. The van der Waals surface area contributed by atoms with Crippen molar-refractivity contribution in [3.8, 4) is 0 Å². The Hall–Kier alpha value is -2.18. The maximum absolute atomic E-state index is 11.6. The van der Waals surface area contributed by atoms with E-state index >= 15 is 0 Å². The Labute approximate surface area is 116 Å². The molecule has 7 heteroatoms. The van der Waals surface area contributed by atoms with E-state index in [1.807, 2.05) is 4.90 Å². The van der Waals surface area contributed by atoms with Crippen LogP contribution in [0.1, 0.15) is 23.3 Å². The lowest BCUT2D eigenvalue weighted by Gasteiger charge is -2.31. The molecule has 0 aliphatic carbocycles. The van der Waals surface area contributed by atoms with E-state index in [9.17, 15) is 9.59 Å². The Morgan fingerprint density at radius 3 is 2.80 bits per heavy atom. The predicted molar refractivity (Wildman–Crippen MR) is 70.3 cm³/mol. The molecule has 1 aromatic rings. The lowest BCUT2D eigenvalue weighted by molar-refractivity contribution is -0.145. The average Bonchev–Trinajstić information content (AvgIpc) is 2.53. The number of methoxy groups -OCH3 is 2. The minimum atomic E-state index is -0.527. The van der Waals surface area contributed by atoms with Gasteiger partial charge in [-0.25, -0.2) is 9.78 Å². The monoisotopic (exact) mass is 279 g/mol. The van der Waals surface area contributed by atoms with Crippen LogP contribution in [0.4, 0.5) is 5.82 Å². The van der Waals surface area contributed by atoms with Gasteiger partial charge in [0.1, 0.15) is 5.82 Å². The third-order valence-corrected chi connectivity index (χ3v) is 3.30. The summed E-state index contributed by atoms with van der Waals surface area (Å²) in [4.78, 5) is 33.2. The molecule has 1 unspecified atom stereocenters. The van der Waals surface area contributed by atoms with Gasteiger partial charge in [0.05, 0.1) is 32.5 Å². The van der Waals surface area contributed by atoms with E-state index in [4.69, 9.17) is 4.74 Å². The van der Waals surface area contributed by atoms with Crippen molar-refractivity contribution in [3.63, 3.8) is 0 Å². The van der Waals surface area contributed by atoms with Crippen LogP contribution in [-0.2, 0) is 14.3 Å². The number of carbonyl (C=O) groups excluding carboxylic acids is 2. The molecule has 0 saturated carbocycles. The summed E-state index contributed by atoms with van der Waals surface area (Å²) in [5.41, 5.74) is 0.158. The van der Waals surface area contributed by atoms with Crippen LogP contribution in [0.25, 0.3) is 0 Å². The van der Waals surface area contributed by atoms with Crippen molar-refractivity contribution in [1.82, 2.24) is 9.97 Å². The zero-order valence-electron chi connectivity index (χ0n) is 11.5. The fraction of sp³-hybridized carbons (Fsp3) is 0.538. The first-order valence-corrected chi connectivity index (χ1v) is 6.39. The van der Waals surface area contributed by atoms with E-state index < -0.39 is 5.97 Å². The summed E-state index contributed by atoms with van der Waals surface area (Å²) in [6.07, 6.45) is 4.60. The smallest absolute Gasteiger partial charge is 0.358 e. The third kappa shape index (κ3) is 3.04. The molecular weight excluding hydrogens is 262 g/mol. The zero-order chi connectivity index (χ0) is 14.5. The second-order valence-electron chi connectivity index (χ2n) is 4.56. The number of anilines is 1. The minimum absolute atomic E-state index is 0.158. The molecule has 1 aliphatic rings. The standard InChI is InChI=1S/C13H17N3O4/c1-19-12(17)9-4-3-5-16(8-9)11-7-14-6-10(15-11)13(18)20-2/h6-7,9H,3-5,8H2,1-2H3. The van der Waals surface area contributed by atoms with E-state index in [1.54, 1.807) is 6.20 Å². The van der Waals surface area contributed by atoms with Gasteiger partial charge in [0.15, 0.2) is 5.69 Å². The zero-order valence-corrected chi connectivity index (χ0v) is 11.5. The Bertz CT molecular complexity index is 506. The first kappa shape index (κ1) is 14.2. The number of rotatable bonds is 3. The van der Waals surface area contributed by atoms with Gasteiger partial charge in [0, 0.05) is 13.1 Å². The lowest BCUT2D eigenvalue weighted by Crippen LogP contribution is -2.39. The van der Waals surface area contributed by atoms with Crippen molar-refractivity contribution in [2.75, 3.05) is 32.2 Å². The number of ether oxygens (including phenoxy) is 2. The van der Waals surface area contributed by atoms with Crippen LogP contribution in [0.15, 0.2) is 12.4 Å². The molecule has 0 spiro atoms. The number of hydrogen-bond acceptors (Lipinski definition) is 7. The molecule has 2 heterocycles. The van der Waals surface area contributed by atoms with Crippen LogP contribution in [-0.4, -0.2) is 49.2 Å². The maximum atomic E-state index is 11.6. The number of aromatic nitrogens is 2. The molecule has 20 heavy (non-hydrogen) atoms. The van der Waals surface area contributed by atoms with Gasteiger partial charge < -0.3 is 14.4 Å². The van der Waals surface area contributed by atoms with E-state index in [2.05, 4.69) is 14.7 Å². The SMILES string of the molecule is COC(=O)c1cncc(N2CCCC(C(=O)OC)C2)n1. The highest BCUT2D eigenvalue weighted by Crippen LogP contribution is 2.22. The summed E-state index contributed by atoms with van der Waals surface area (Å²) in [6.45, 7) is 1.29. The van der Waals surface area contributed by atoms with Gasteiger partial charge in [0.2, 0.25) is 0 Å². The van der Waals surface area contributed by atoms with Crippen LogP contribution in [0, 0.1) is 5.92 Å². The summed E-state index contributed by atoms with van der Waals surface area (Å²) in [7, 11) is 2.68. The number of nitrogens with zero attached hydrogens (tertiary/aromatic N) is 3. The molecule has 1 atom stereocenters. The van der Waals surface area contributed by atoms with Crippen molar-refractivity contribution in [3.05, 3.63) is 18.1 Å².